The van der Waals surface area contributed by atoms with E-state index in [0.29, 0.717) is 6.07 Å². The minimum atomic E-state index is -4.65. The summed E-state index contributed by atoms with van der Waals surface area (Å²) in [6.07, 6.45) is -6.07. The molecule has 2 aromatic rings. The third kappa shape index (κ3) is 6.91. The smallest absolute Gasteiger partial charge is 0.416 e. The van der Waals surface area contributed by atoms with Gasteiger partial charge in [-0.05, 0) is 44.2 Å². The molecule has 2 N–H and O–H groups in total. The number of carbonyl (C=O) groups is 3. The van der Waals surface area contributed by atoms with Gasteiger partial charge in [0.25, 0.3) is 17.5 Å². The molecule has 0 bridgehead atoms. The van der Waals surface area contributed by atoms with Gasteiger partial charge in [0.2, 0.25) is 0 Å². The van der Waals surface area contributed by atoms with E-state index in [1.165, 1.54) is 26.0 Å². The third-order valence-electron chi connectivity index (χ3n) is 4.28. The number of rotatable bonds is 7. The summed E-state index contributed by atoms with van der Waals surface area (Å²) in [4.78, 5) is 46.4. The number of nitrogens with zero attached hydrogens (tertiary/aromatic N) is 1. The van der Waals surface area contributed by atoms with Crippen molar-refractivity contribution in [1.29, 1.82) is 0 Å². The number of hydrogen-bond donors (Lipinski definition) is 2. The van der Waals surface area contributed by atoms with Crippen molar-refractivity contribution in [1.82, 2.24) is 5.32 Å². The van der Waals surface area contributed by atoms with Crippen molar-refractivity contribution in [2.45, 2.75) is 26.1 Å². The number of nitro benzene ring substituents is 1. The van der Waals surface area contributed by atoms with E-state index in [1.807, 2.05) is 0 Å². The molecule has 0 aliphatic heterocycles. The van der Waals surface area contributed by atoms with Crippen molar-refractivity contribution in [3.05, 3.63) is 68.2 Å². The Morgan fingerprint density at radius 3 is 2.42 bits per heavy atom. The number of nitrogens with one attached hydrogen (secondary N) is 2. The molecule has 13 heteroatoms. The van der Waals surface area contributed by atoms with Crippen LogP contribution in [0.15, 0.2) is 36.4 Å². The highest BCUT2D eigenvalue weighted by Crippen LogP contribution is 2.33. The summed E-state index contributed by atoms with van der Waals surface area (Å²) in [5, 5.41) is 15.1. The molecule has 0 spiro atoms. The van der Waals surface area contributed by atoms with Crippen LogP contribution in [-0.2, 0) is 20.5 Å². The largest absolute Gasteiger partial charge is 0.451 e. The van der Waals surface area contributed by atoms with E-state index in [2.05, 4.69) is 10.6 Å². The molecule has 33 heavy (non-hydrogen) atoms. The number of carbonyl (C=O) groups excluding carboxylic acids is 3. The van der Waals surface area contributed by atoms with Crippen LogP contribution < -0.4 is 10.6 Å². The molecule has 2 amide bonds. The maximum absolute atomic E-state index is 12.8. The van der Waals surface area contributed by atoms with Crippen LogP contribution in [0.1, 0.15) is 28.4 Å². The number of anilines is 1. The number of nitro groups is 1. The first-order valence-corrected chi connectivity index (χ1v) is 9.57. The van der Waals surface area contributed by atoms with Crippen LogP contribution in [0.5, 0.6) is 0 Å². The van der Waals surface area contributed by atoms with Gasteiger partial charge in [-0.1, -0.05) is 11.6 Å². The van der Waals surface area contributed by atoms with Gasteiger partial charge in [0.15, 0.2) is 6.10 Å². The standard InChI is InChI=1S/C20H17ClF3N3O6/c1-10-7-12(3-6-16(10)27(31)32)19(30)25-9-17(28)33-11(2)18(29)26-15-8-13(20(22,23)24)4-5-14(15)21/h3-8,11H,9H2,1-2H3,(H,25,30)(H,26,29). The van der Waals surface area contributed by atoms with Crippen molar-refractivity contribution >= 4 is 40.8 Å². The van der Waals surface area contributed by atoms with E-state index in [0.717, 1.165) is 18.2 Å². The van der Waals surface area contributed by atoms with Gasteiger partial charge in [-0.25, -0.2) is 0 Å². The Labute approximate surface area is 190 Å². The van der Waals surface area contributed by atoms with Gasteiger partial charge in [0.1, 0.15) is 6.54 Å². The predicted octanol–water partition coefficient (Wildman–Crippen LogP) is 3.88. The van der Waals surface area contributed by atoms with Crippen molar-refractivity contribution in [2.24, 2.45) is 0 Å². The third-order valence-corrected chi connectivity index (χ3v) is 4.61. The predicted molar refractivity (Wildman–Crippen MR) is 111 cm³/mol. The Bertz CT molecular complexity index is 1110. The molecule has 0 fully saturated rings. The Hall–Kier alpha value is -3.67. The molecular formula is C20H17ClF3N3O6. The summed E-state index contributed by atoms with van der Waals surface area (Å²) in [5.74, 6) is -2.65. The Kier molecular flexibility index (Phi) is 7.99. The molecule has 1 unspecified atom stereocenters. The first-order valence-electron chi connectivity index (χ1n) is 9.20. The fourth-order valence-corrected chi connectivity index (χ4v) is 2.74. The maximum Gasteiger partial charge on any atom is 0.416 e. The van der Waals surface area contributed by atoms with Crippen molar-refractivity contribution in [2.75, 3.05) is 11.9 Å². The molecule has 0 saturated carbocycles. The monoisotopic (exact) mass is 487 g/mol. The maximum atomic E-state index is 12.8. The fourth-order valence-electron chi connectivity index (χ4n) is 2.58. The number of halogens is 4. The zero-order chi connectivity index (χ0) is 24.9. The van der Waals surface area contributed by atoms with Crippen molar-refractivity contribution < 1.29 is 37.2 Å². The van der Waals surface area contributed by atoms with Crippen molar-refractivity contribution in [3.8, 4) is 0 Å². The number of aryl methyl sites for hydroxylation is 1. The highest BCUT2D eigenvalue weighted by atomic mass is 35.5. The summed E-state index contributed by atoms with van der Waals surface area (Å²) in [6.45, 7) is 1.99. The second kappa shape index (κ2) is 10.3. The van der Waals surface area contributed by atoms with E-state index >= 15 is 0 Å². The second-order valence-corrected chi connectivity index (χ2v) is 7.16. The zero-order valence-corrected chi connectivity index (χ0v) is 17.9. The summed E-state index contributed by atoms with van der Waals surface area (Å²) in [5.41, 5.74) is -1.21. The number of alkyl halides is 3. The number of amides is 2. The quantitative estimate of drug-likeness (QED) is 0.346. The van der Waals surface area contributed by atoms with Crippen LogP contribution >= 0.6 is 11.6 Å². The molecule has 0 radical (unpaired) electrons. The Morgan fingerprint density at radius 1 is 1.18 bits per heavy atom. The van der Waals surface area contributed by atoms with Crippen LogP contribution in [-0.4, -0.2) is 35.4 Å². The molecule has 176 valence electrons. The molecule has 2 aromatic carbocycles. The number of esters is 1. The van der Waals surface area contributed by atoms with E-state index < -0.39 is 47.1 Å². The SMILES string of the molecule is Cc1cc(C(=O)NCC(=O)OC(C)C(=O)Nc2cc(C(F)(F)F)ccc2Cl)ccc1[N+](=O)[O-]. The van der Waals surface area contributed by atoms with Gasteiger partial charge in [-0.2, -0.15) is 13.2 Å². The summed E-state index contributed by atoms with van der Waals surface area (Å²) >= 11 is 5.81. The molecular weight excluding hydrogens is 471 g/mol. The topological polar surface area (TPSA) is 128 Å². The van der Waals surface area contributed by atoms with E-state index in [1.54, 1.807) is 0 Å². The number of hydrogen-bond acceptors (Lipinski definition) is 6. The molecule has 0 aliphatic rings. The second-order valence-electron chi connectivity index (χ2n) is 6.75. The first-order chi connectivity index (χ1) is 15.3. The van der Waals surface area contributed by atoms with Crippen LogP contribution in [0.3, 0.4) is 0 Å². The van der Waals surface area contributed by atoms with Gasteiger partial charge < -0.3 is 15.4 Å². The van der Waals surface area contributed by atoms with Gasteiger partial charge >= 0.3 is 12.1 Å². The first kappa shape index (κ1) is 25.6. The lowest BCUT2D eigenvalue weighted by Gasteiger charge is -2.16. The van der Waals surface area contributed by atoms with Crippen molar-refractivity contribution in [3.63, 3.8) is 0 Å². The molecule has 0 heterocycles. The summed E-state index contributed by atoms with van der Waals surface area (Å²) in [7, 11) is 0. The van der Waals surface area contributed by atoms with Crippen LogP contribution in [0, 0.1) is 17.0 Å². The number of benzene rings is 2. The van der Waals surface area contributed by atoms with Crippen LogP contribution in [0.2, 0.25) is 5.02 Å². The molecule has 0 aromatic heterocycles. The molecule has 9 nitrogen and oxygen atoms in total. The number of ether oxygens (including phenoxy) is 1. The molecule has 0 aliphatic carbocycles. The lowest BCUT2D eigenvalue weighted by atomic mass is 10.1. The van der Waals surface area contributed by atoms with E-state index in [9.17, 15) is 37.7 Å². The highest BCUT2D eigenvalue weighted by molar-refractivity contribution is 6.33. The van der Waals surface area contributed by atoms with E-state index in [4.69, 9.17) is 16.3 Å². The van der Waals surface area contributed by atoms with Gasteiger partial charge in [0.05, 0.1) is 21.2 Å². The zero-order valence-electron chi connectivity index (χ0n) is 17.2. The average molecular weight is 488 g/mol. The van der Waals surface area contributed by atoms with Crippen LogP contribution in [0.4, 0.5) is 24.5 Å². The molecule has 0 saturated heterocycles. The van der Waals surface area contributed by atoms with E-state index in [-0.39, 0.29) is 27.5 Å². The van der Waals surface area contributed by atoms with Crippen LogP contribution in [0.25, 0.3) is 0 Å². The van der Waals surface area contributed by atoms with Gasteiger partial charge in [0, 0.05) is 17.2 Å². The minimum Gasteiger partial charge on any atom is -0.451 e. The normalized spacial score (nSPS) is 11.9. The molecule has 1 atom stereocenters. The summed E-state index contributed by atoms with van der Waals surface area (Å²) in [6, 6.07) is 5.98. The Morgan fingerprint density at radius 2 is 1.85 bits per heavy atom. The lowest BCUT2D eigenvalue weighted by molar-refractivity contribution is -0.385. The molecule has 2 rings (SSSR count). The highest BCUT2D eigenvalue weighted by Gasteiger charge is 2.31. The summed E-state index contributed by atoms with van der Waals surface area (Å²) < 4.78 is 43.3. The van der Waals surface area contributed by atoms with Gasteiger partial charge in [-0.3, -0.25) is 24.5 Å². The van der Waals surface area contributed by atoms with Gasteiger partial charge in [-0.15, -0.1) is 0 Å². The fraction of sp³-hybridized carbons (Fsp3) is 0.250. The average Bonchev–Trinajstić information content (AvgIpc) is 2.72. The lowest BCUT2D eigenvalue weighted by Crippen LogP contribution is -2.36. The minimum absolute atomic E-state index is 0.0656. The Balaban J connectivity index is 1.93.